The van der Waals surface area contributed by atoms with Gasteiger partial charge in [0.15, 0.2) is 0 Å². The molecule has 1 amide bonds. The fourth-order valence-electron chi connectivity index (χ4n) is 1.46. The second-order valence-corrected chi connectivity index (χ2v) is 3.22. The molecule has 2 rings (SSSR count). The van der Waals surface area contributed by atoms with Crippen molar-refractivity contribution in [3.05, 3.63) is 42.4 Å². The van der Waals surface area contributed by atoms with Gasteiger partial charge in [-0.1, -0.05) is 0 Å². The number of nitrogen functional groups attached to an aromatic ring is 1. The Morgan fingerprint density at radius 2 is 1.81 bits per heavy atom. The number of pyridine rings is 2. The van der Waals surface area contributed by atoms with Crippen LogP contribution in [0.4, 0.5) is 5.69 Å². The number of hydrogen-bond acceptors (Lipinski definition) is 4. The Labute approximate surface area is 92.1 Å². The van der Waals surface area contributed by atoms with Crippen molar-refractivity contribution in [1.29, 1.82) is 0 Å². The van der Waals surface area contributed by atoms with Gasteiger partial charge in [0.05, 0.1) is 11.3 Å². The number of anilines is 1. The van der Waals surface area contributed by atoms with Gasteiger partial charge in [-0.3, -0.25) is 14.8 Å². The highest BCUT2D eigenvalue weighted by Gasteiger charge is 2.14. The van der Waals surface area contributed by atoms with Crippen molar-refractivity contribution in [2.75, 3.05) is 5.73 Å². The fraction of sp³-hybridized carbons (Fsp3) is 0. The summed E-state index contributed by atoms with van der Waals surface area (Å²) in [4.78, 5) is 19.3. The van der Waals surface area contributed by atoms with E-state index in [0.29, 0.717) is 11.4 Å². The van der Waals surface area contributed by atoms with Crippen molar-refractivity contribution < 1.29 is 4.79 Å². The van der Waals surface area contributed by atoms with E-state index in [-0.39, 0.29) is 5.56 Å². The Hall–Kier alpha value is -2.43. The molecule has 0 bridgehead atoms. The second kappa shape index (κ2) is 3.98. The molecular weight excluding hydrogens is 204 g/mol. The van der Waals surface area contributed by atoms with E-state index < -0.39 is 5.91 Å². The molecule has 0 unspecified atom stereocenters. The number of carbonyl (C=O) groups excluding carboxylic acids is 1. The zero-order valence-electron chi connectivity index (χ0n) is 8.42. The third-order valence-corrected chi connectivity index (χ3v) is 2.18. The maximum atomic E-state index is 11.3. The summed E-state index contributed by atoms with van der Waals surface area (Å²) in [7, 11) is 0. The van der Waals surface area contributed by atoms with E-state index in [4.69, 9.17) is 11.5 Å². The molecule has 0 saturated carbocycles. The molecule has 0 aromatic carbocycles. The summed E-state index contributed by atoms with van der Waals surface area (Å²) in [6.07, 6.45) is 4.77. The van der Waals surface area contributed by atoms with Crippen LogP contribution in [0.15, 0.2) is 36.8 Å². The van der Waals surface area contributed by atoms with E-state index in [9.17, 15) is 4.79 Å². The van der Waals surface area contributed by atoms with E-state index in [1.807, 2.05) is 0 Å². The number of amides is 1. The molecule has 0 aliphatic heterocycles. The highest BCUT2D eigenvalue weighted by atomic mass is 16.1. The van der Waals surface area contributed by atoms with Crippen LogP contribution in [0.5, 0.6) is 0 Å². The minimum absolute atomic E-state index is 0.244. The number of aromatic nitrogens is 2. The number of nitrogens with zero attached hydrogens (tertiary/aromatic N) is 2. The van der Waals surface area contributed by atoms with E-state index in [1.54, 1.807) is 30.6 Å². The smallest absolute Gasteiger partial charge is 0.253 e. The molecule has 5 nitrogen and oxygen atoms in total. The first-order valence-electron chi connectivity index (χ1n) is 4.65. The summed E-state index contributed by atoms with van der Waals surface area (Å²) in [5.41, 5.74) is 12.8. The van der Waals surface area contributed by atoms with E-state index in [1.165, 1.54) is 6.20 Å². The largest absolute Gasteiger partial charge is 0.398 e. The maximum Gasteiger partial charge on any atom is 0.253 e. The van der Waals surface area contributed by atoms with Crippen molar-refractivity contribution in [3.63, 3.8) is 0 Å². The van der Waals surface area contributed by atoms with E-state index >= 15 is 0 Å². The van der Waals surface area contributed by atoms with Crippen LogP contribution in [-0.4, -0.2) is 15.9 Å². The number of carbonyl (C=O) groups is 1. The molecule has 80 valence electrons. The first-order chi connectivity index (χ1) is 7.70. The van der Waals surface area contributed by atoms with Crippen LogP contribution in [0.2, 0.25) is 0 Å². The molecule has 5 heteroatoms. The van der Waals surface area contributed by atoms with Crippen LogP contribution in [0.3, 0.4) is 0 Å². The second-order valence-electron chi connectivity index (χ2n) is 3.22. The lowest BCUT2D eigenvalue weighted by Gasteiger charge is -2.07. The van der Waals surface area contributed by atoms with Gasteiger partial charge < -0.3 is 11.5 Å². The molecule has 2 aromatic rings. The van der Waals surface area contributed by atoms with Crippen LogP contribution >= 0.6 is 0 Å². The summed E-state index contributed by atoms with van der Waals surface area (Å²) in [6.45, 7) is 0. The lowest BCUT2D eigenvalue weighted by Crippen LogP contribution is -2.15. The van der Waals surface area contributed by atoms with Crippen molar-refractivity contribution >= 4 is 11.6 Å². The average molecular weight is 214 g/mol. The van der Waals surface area contributed by atoms with Crippen molar-refractivity contribution in [3.8, 4) is 11.3 Å². The summed E-state index contributed by atoms with van der Waals surface area (Å²) in [5, 5.41) is 0. The molecule has 0 saturated heterocycles. The summed E-state index contributed by atoms with van der Waals surface area (Å²) in [5.74, 6) is -0.586. The van der Waals surface area contributed by atoms with Gasteiger partial charge in [0.2, 0.25) is 0 Å². The van der Waals surface area contributed by atoms with Crippen LogP contribution in [0.25, 0.3) is 11.3 Å². The molecule has 0 spiro atoms. The van der Waals surface area contributed by atoms with Gasteiger partial charge in [-0.25, -0.2) is 0 Å². The van der Waals surface area contributed by atoms with Gasteiger partial charge in [0.1, 0.15) is 0 Å². The van der Waals surface area contributed by atoms with Crippen molar-refractivity contribution in [2.24, 2.45) is 5.73 Å². The zero-order valence-corrected chi connectivity index (χ0v) is 8.42. The van der Waals surface area contributed by atoms with Crippen LogP contribution in [0, 0.1) is 0 Å². The van der Waals surface area contributed by atoms with Gasteiger partial charge in [-0.15, -0.1) is 0 Å². The highest BCUT2D eigenvalue weighted by Crippen LogP contribution is 2.24. The van der Waals surface area contributed by atoms with Crippen LogP contribution in [-0.2, 0) is 0 Å². The highest BCUT2D eigenvalue weighted by molar-refractivity contribution is 6.03. The SMILES string of the molecule is NC(=O)c1c(N)ccnc1-c1ccncc1. The Kier molecular flexibility index (Phi) is 2.51. The minimum atomic E-state index is -0.586. The molecule has 0 radical (unpaired) electrons. The molecule has 2 aromatic heterocycles. The molecular formula is C11H10N4O. The first kappa shape index (κ1) is 10.1. The maximum absolute atomic E-state index is 11.3. The fourth-order valence-corrected chi connectivity index (χ4v) is 1.46. The number of hydrogen-bond donors (Lipinski definition) is 2. The van der Waals surface area contributed by atoms with E-state index in [2.05, 4.69) is 9.97 Å². The minimum Gasteiger partial charge on any atom is -0.398 e. The van der Waals surface area contributed by atoms with E-state index in [0.717, 1.165) is 5.56 Å². The van der Waals surface area contributed by atoms with Gasteiger partial charge in [-0.2, -0.15) is 0 Å². The standard InChI is InChI=1S/C11H10N4O/c12-8-3-6-15-10(9(8)11(13)16)7-1-4-14-5-2-7/h1-6H,(H2,12,15)(H2,13,16). The Balaban J connectivity index is 2.66. The van der Waals surface area contributed by atoms with Gasteiger partial charge >= 0.3 is 0 Å². The molecule has 0 fully saturated rings. The lowest BCUT2D eigenvalue weighted by atomic mass is 10.1. The third kappa shape index (κ3) is 1.70. The van der Waals surface area contributed by atoms with Crippen molar-refractivity contribution in [2.45, 2.75) is 0 Å². The van der Waals surface area contributed by atoms with Crippen LogP contribution in [0.1, 0.15) is 10.4 Å². The summed E-state index contributed by atoms with van der Waals surface area (Å²) >= 11 is 0. The number of primary amides is 1. The van der Waals surface area contributed by atoms with Crippen molar-refractivity contribution in [1.82, 2.24) is 9.97 Å². The molecule has 0 aliphatic rings. The number of nitrogens with two attached hydrogens (primary N) is 2. The Morgan fingerprint density at radius 3 is 2.44 bits per heavy atom. The molecule has 2 heterocycles. The topological polar surface area (TPSA) is 94.9 Å². The summed E-state index contributed by atoms with van der Waals surface area (Å²) in [6, 6.07) is 5.03. The quantitative estimate of drug-likeness (QED) is 0.773. The summed E-state index contributed by atoms with van der Waals surface area (Å²) < 4.78 is 0. The lowest BCUT2D eigenvalue weighted by molar-refractivity contribution is 0.100. The first-order valence-corrected chi connectivity index (χ1v) is 4.65. The number of rotatable bonds is 2. The predicted octanol–water partition coefficient (Wildman–Crippen LogP) is 0.825. The zero-order chi connectivity index (χ0) is 11.5. The monoisotopic (exact) mass is 214 g/mol. The van der Waals surface area contributed by atoms with Crippen LogP contribution < -0.4 is 11.5 Å². The van der Waals surface area contributed by atoms with Gasteiger partial charge in [-0.05, 0) is 18.2 Å². The van der Waals surface area contributed by atoms with Gasteiger partial charge in [0.25, 0.3) is 5.91 Å². The molecule has 0 aliphatic carbocycles. The molecule has 4 N–H and O–H groups in total. The predicted molar refractivity (Wildman–Crippen MR) is 60.4 cm³/mol. The Morgan fingerprint density at radius 1 is 1.12 bits per heavy atom. The normalized spacial score (nSPS) is 10.0. The molecule has 16 heavy (non-hydrogen) atoms. The van der Waals surface area contributed by atoms with Gasteiger partial charge in [0, 0.05) is 29.8 Å². The Bertz CT molecular complexity index is 525. The average Bonchev–Trinajstić information content (AvgIpc) is 2.29. The molecule has 0 atom stereocenters. The third-order valence-electron chi connectivity index (χ3n) is 2.18.